The summed E-state index contributed by atoms with van der Waals surface area (Å²) in [4.78, 5) is 16.4. The molecule has 3 rings (SSSR count). The highest BCUT2D eigenvalue weighted by atomic mass is 32.1. The lowest BCUT2D eigenvalue weighted by Gasteiger charge is -2.05. The maximum Gasteiger partial charge on any atom is 0.337 e. The van der Waals surface area contributed by atoms with Crippen LogP contribution in [0.25, 0.3) is 21.8 Å². The first-order chi connectivity index (χ1) is 11.6. The first kappa shape index (κ1) is 16.4. The number of thiazole rings is 1. The SMILES string of the molecule is COC(=O)c1cccc(-c2csc(-c3ccc(C(C)C)cc3)n2)c1. The van der Waals surface area contributed by atoms with Crippen molar-refractivity contribution < 1.29 is 9.53 Å². The smallest absolute Gasteiger partial charge is 0.337 e. The van der Waals surface area contributed by atoms with Gasteiger partial charge in [-0.2, -0.15) is 0 Å². The Labute approximate surface area is 146 Å². The number of carbonyl (C=O) groups is 1. The summed E-state index contributed by atoms with van der Waals surface area (Å²) < 4.78 is 4.78. The topological polar surface area (TPSA) is 39.2 Å². The third-order valence-corrected chi connectivity index (χ3v) is 4.80. The van der Waals surface area contributed by atoms with Gasteiger partial charge in [0.25, 0.3) is 0 Å². The highest BCUT2D eigenvalue weighted by Crippen LogP contribution is 2.30. The van der Waals surface area contributed by atoms with Crippen molar-refractivity contribution >= 4 is 17.3 Å². The van der Waals surface area contributed by atoms with Crippen LogP contribution in [0.3, 0.4) is 0 Å². The number of nitrogens with zero attached hydrogens (tertiary/aromatic N) is 1. The second-order valence-electron chi connectivity index (χ2n) is 5.89. The highest BCUT2D eigenvalue weighted by Gasteiger charge is 2.10. The number of hydrogen-bond acceptors (Lipinski definition) is 4. The van der Waals surface area contributed by atoms with Gasteiger partial charge < -0.3 is 4.74 Å². The van der Waals surface area contributed by atoms with Gasteiger partial charge in [-0.05, 0) is 23.6 Å². The molecule has 0 N–H and O–H groups in total. The van der Waals surface area contributed by atoms with E-state index in [1.165, 1.54) is 12.7 Å². The van der Waals surface area contributed by atoms with Gasteiger partial charge in [-0.1, -0.05) is 50.2 Å². The number of aromatic nitrogens is 1. The zero-order chi connectivity index (χ0) is 17.1. The Morgan fingerprint density at radius 1 is 1.08 bits per heavy atom. The van der Waals surface area contributed by atoms with Crippen LogP contribution in [0.1, 0.15) is 35.7 Å². The number of esters is 1. The molecule has 0 saturated carbocycles. The van der Waals surface area contributed by atoms with Gasteiger partial charge in [0.1, 0.15) is 5.01 Å². The summed E-state index contributed by atoms with van der Waals surface area (Å²) in [7, 11) is 1.39. The zero-order valence-corrected chi connectivity index (χ0v) is 14.8. The van der Waals surface area contributed by atoms with Crippen molar-refractivity contribution in [2.45, 2.75) is 19.8 Å². The van der Waals surface area contributed by atoms with E-state index in [-0.39, 0.29) is 5.97 Å². The van der Waals surface area contributed by atoms with Crippen LogP contribution in [0.5, 0.6) is 0 Å². The van der Waals surface area contributed by atoms with E-state index in [9.17, 15) is 4.79 Å². The van der Waals surface area contributed by atoms with Gasteiger partial charge in [0, 0.05) is 16.5 Å². The minimum atomic E-state index is -0.337. The monoisotopic (exact) mass is 337 g/mol. The van der Waals surface area contributed by atoms with E-state index in [1.54, 1.807) is 17.4 Å². The van der Waals surface area contributed by atoms with E-state index in [0.29, 0.717) is 11.5 Å². The minimum absolute atomic E-state index is 0.337. The van der Waals surface area contributed by atoms with E-state index < -0.39 is 0 Å². The van der Waals surface area contributed by atoms with Gasteiger partial charge in [-0.15, -0.1) is 11.3 Å². The Bertz CT molecular complexity index is 850. The molecule has 0 amide bonds. The van der Waals surface area contributed by atoms with Crippen molar-refractivity contribution in [1.29, 1.82) is 0 Å². The molecule has 0 atom stereocenters. The van der Waals surface area contributed by atoms with Crippen LogP contribution in [-0.2, 0) is 4.74 Å². The number of hydrogen-bond donors (Lipinski definition) is 0. The quantitative estimate of drug-likeness (QED) is 0.599. The molecule has 3 aromatic rings. The predicted molar refractivity (Wildman–Crippen MR) is 98.4 cm³/mol. The highest BCUT2D eigenvalue weighted by molar-refractivity contribution is 7.13. The fourth-order valence-electron chi connectivity index (χ4n) is 2.47. The molecule has 0 aliphatic heterocycles. The summed E-state index contributed by atoms with van der Waals surface area (Å²) in [6.07, 6.45) is 0. The second kappa shape index (κ2) is 6.97. The summed E-state index contributed by atoms with van der Waals surface area (Å²) in [6, 6.07) is 15.9. The second-order valence-corrected chi connectivity index (χ2v) is 6.75. The number of carbonyl (C=O) groups excluding carboxylic acids is 1. The Morgan fingerprint density at radius 3 is 2.50 bits per heavy atom. The lowest BCUT2D eigenvalue weighted by molar-refractivity contribution is 0.0601. The average Bonchev–Trinajstić information content (AvgIpc) is 3.11. The molecule has 2 aromatic carbocycles. The minimum Gasteiger partial charge on any atom is -0.465 e. The molecule has 0 saturated heterocycles. The van der Waals surface area contributed by atoms with Gasteiger partial charge in [-0.3, -0.25) is 0 Å². The van der Waals surface area contributed by atoms with E-state index in [2.05, 4.69) is 38.1 Å². The van der Waals surface area contributed by atoms with Crippen molar-refractivity contribution in [2.24, 2.45) is 0 Å². The van der Waals surface area contributed by atoms with Crippen LogP contribution < -0.4 is 0 Å². The molecule has 0 spiro atoms. The molecule has 122 valence electrons. The van der Waals surface area contributed by atoms with Crippen molar-refractivity contribution in [3.8, 4) is 21.8 Å². The van der Waals surface area contributed by atoms with E-state index >= 15 is 0 Å². The Morgan fingerprint density at radius 2 is 1.83 bits per heavy atom. The molecule has 0 bridgehead atoms. The fourth-order valence-corrected chi connectivity index (χ4v) is 3.31. The Balaban J connectivity index is 1.89. The molecule has 24 heavy (non-hydrogen) atoms. The van der Waals surface area contributed by atoms with Gasteiger partial charge in [0.05, 0.1) is 18.4 Å². The van der Waals surface area contributed by atoms with E-state index in [4.69, 9.17) is 9.72 Å². The standard InChI is InChI=1S/C20H19NO2S/c1-13(2)14-7-9-15(10-8-14)19-21-18(12-24-19)16-5-4-6-17(11-16)20(22)23-3/h4-13H,1-3H3. The first-order valence-corrected chi connectivity index (χ1v) is 8.71. The lowest BCUT2D eigenvalue weighted by atomic mass is 10.0. The third kappa shape index (κ3) is 3.39. The van der Waals surface area contributed by atoms with Gasteiger partial charge in [0.15, 0.2) is 0 Å². The average molecular weight is 337 g/mol. The molecular formula is C20H19NO2S. The molecule has 1 aromatic heterocycles. The van der Waals surface area contributed by atoms with Crippen molar-refractivity contribution in [2.75, 3.05) is 7.11 Å². The van der Waals surface area contributed by atoms with E-state index in [1.807, 2.05) is 23.6 Å². The van der Waals surface area contributed by atoms with Crippen molar-refractivity contribution in [3.05, 3.63) is 65.0 Å². The van der Waals surface area contributed by atoms with Gasteiger partial charge in [-0.25, -0.2) is 9.78 Å². The number of benzene rings is 2. The largest absolute Gasteiger partial charge is 0.465 e. The van der Waals surface area contributed by atoms with Crippen LogP contribution in [-0.4, -0.2) is 18.1 Å². The normalized spacial score (nSPS) is 10.8. The molecule has 0 radical (unpaired) electrons. The summed E-state index contributed by atoms with van der Waals surface area (Å²) in [6.45, 7) is 4.37. The molecule has 0 aliphatic rings. The maximum atomic E-state index is 11.7. The predicted octanol–water partition coefficient (Wildman–Crippen LogP) is 5.39. The molecule has 1 heterocycles. The molecule has 0 fully saturated rings. The van der Waals surface area contributed by atoms with E-state index in [0.717, 1.165) is 21.8 Å². The lowest BCUT2D eigenvalue weighted by Crippen LogP contribution is -2.00. The maximum absolute atomic E-state index is 11.7. The zero-order valence-electron chi connectivity index (χ0n) is 13.9. The Kier molecular flexibility index (Phi) is 4.76. The third-order valence-electron chi connectivity index (χ3n) is 3.91. The Hall–Kier alpha value is -2.46. The van der Waals surface area contributed by atoms with Crippen molar-refractivity contribution in [3.63, 3.8) is 0 Å². The van der Waals surface area contributed by atoms with Crippen LogP contribution in [0, 0.1) is 0 Å². The van der Waals surface area contributed by atoms with Crippen LogP contribution >= 0.6 is 11.3 Å². The van der Waals surface area contributed by atoms with Crippen LogP contribution in [0.4, 0.5) is 0 Å². The van der Waals surface area contributed by atoms with Gasteiger partial charge >= 0.3 is 5.97 Å². The molecule has 3 nitrogen and oxygen atoms in total. The summed E-state index contributed by atoms with van der Waals surface area (Å²) >= 11 is 1.60. The number of ether oxygens (including phenoxy) is 1. The summed E-state index contributed by atoms with van der Waals surface area (Å²) in [5.74, 6) is 0.184. The first-order valence-electron chi connectivity index (χ1n) is 7.83. The van der Waals surface area contributed by atoms with Crippen molar-refractivity contribution in [1.82, 2.24) is 4.98 Å². The molecular weight excluding hydrogens is 318 g/mol. The fraction of sp³-hybridized carbons (Fsp3) is 0.200. The molecule has 4 heteroatoms. The summed E-state index contributed by atoms with van der Waals surface area (Å²) in [5.41, 5.74) is 4.75. The molecule has 0 aliphatic carbocycles. The summed E-state index contributed by atoms with van der Waals surface area (Å²) in [5, 5.41) is 2.99. The van der Waals surface area contributed by atoms with Crippen LogP contribution in [0.2, 0.25) is 0 Å². The number of methoxy groups -OCH3 is 1. The molecule has 0 unspecified atom stereocenters. The van der Waals surface area contributed by atoms with Crippen LogP contribution in [0.15, 0.2) is 53.9 Å². The number of rotatable bonds is 4. The van der Waals surface area contributed by atoms with Gasteiger partial charge in [0.2, 0.25) is 0 Å².